The second kappa shape index (κ2) is 7.28. The van der Waals surface area contributed by atoms with Crippen molar-refractivity contribution in [2.45, 2.75) is 18.9 Å². The molecule has 0 saturated carbocycles. The Labute approximate surface area is 154 Å². The molecule has 2 aromatic rings. The number of carbonyl (C=O) groups is 1. The number of ether oxygens (including phenoxy) is 2. The van der Waals surface area contributed by atoms with Crippen molar-refractivity contribution < 1.29 is 14.3 Å². The van der Waals surface area contributed by atoms with Crippen molar-refractivity contribution in [1.82, 2.24) is 4.90 Å². The summed E-state index contributed by atoms with van der Waals surface area (Å²) < 4.78 is 11.1. The smallest absolute Gasteiger partial charge is 0.254 e. The molecule has 1 amide bonds. The summed E-state index contributed by atoms with van der Waals surface area (Å²) in [4.78, 5) is 16.8. The number of hydrogen-bond donors (Lipinski definition) is 0. The van der Waals surface area contributed by atoms with Gasteiger partial charge in [-0.05, 0) is 49.2 Å². The molecule has 0 aliphatic carbocycles. The van der Waals surface area contributed by atoms with E-state index in [1.165, 1.54) is 18.5 Å². The number of methoxy groups -OCH3 is 1. The van der Waals surface area contributed by atoms with Gasteiger partial charge in [0.15, 0.2) is 0 Å². The summed E-state index contributed by atoms with van der Waals surface area (Å²) in [5.41, 5.74) is 1.95. The summed E-state index contributed by atoms with van der Waals surface area (Å²) in [6.45, 7) is 3.46. The molecule has 2 aliphatic heterocycles. The molecular formula is C21H24N2O3. The maximum Gasteiger partial charge on any atom is 0.254 e. The third kappa shape index (κ3) is 3.47. The van der Waals surface area contributed by atoms with Gasteiger partial charge < -0.3 is 19.3 Å². The van der Waals surface area contributed by atoms with Crippen molar-refractivity contribution >= 4 is 11.6 Å². The largest absolute Gasteiger partial charge is 0.497 e. The average Bonchev–Trinajstić information content (AvgIpc) is 3.19. The molecule has 5 heteroatoms. The number of rotatable bonds is 5. The fourth-order valence-corrected chi connectivity index (χ4v) is 3.52. The minimum atomic E-state index is 0.0370. The Hall–Kier alpha value is -2.69. The van der Waals surface area contributed by atoms with E-state index in [1.54, 1.807) is 7.11 Å². The molecule has 4 rings (SSSR count). The molecule has 2 aliphatic rings. The minimum Gasteiger partial charge on any atom is -0.497 e. The van der Waals surface area contributed by atoms with Crippen LogP contribution in [0.1, 0.15) is 23.2 Å². The molecule has 26 heavy (non-hydrogen) atoms. The first-order chi connectivity index (χ1) is 12.7. The number of likely N-dealkylation sites (tertiary alicyclic amines) is 1. The van der Waals surface area contributed by atoms with E-state index < -0.39 is 0 Å². The Morgan fingerprint density at radius 2 is 1.69 bits per heavy atom. The summed E-state index contributed by atoms with van der Waals surface area (Å²) in [6.07, 6.45) is 2.54. The van der Waals surface area contributed by atoms with E-state index in [9.17, 15) is 4.79 Å². The highest BCUT2D eigenvalue weighted by Gasteiger charge is 2.32. The van der Waals surface area contributed by atoms with Crippen molar-refractivity contribution in [2.75, 3.05) is 38.2 Å². The first-order valence-electron chi connectivity index (χ1n) is 9.18. The summed E-state index contributed by atoms with van der Waals surface area (Å²) in [7, 11) is 1.64. The number of benzene rings is 2. The lowest BCUT2D eigenvalue weighted by molar-refractivity contribution is 0.0177. The number of hydrogen-bond acceptors (Lipinski definition) is 4. The predicted octanol–water partition coefficient (Wildman–Crippen LogP) is 3.20. The Morgan fingerprint density at radius 1 is 1.00 bits per heavy atom. The van der Waals surface area contributed by atoms with Crippen LogP contribution in [-0.4, -0.2) is 50.2 Å². The van der Waals surface area contributed by atoms with Gasteiger partial charge in [-0.3, -0.25) is 4.79 Å². The zero-order valence-corrected chi connectivity index (χ0v) is 15.1. The van der Waals surface area contributed by atoms with Gasteiger partial charge in [-0.2, -0.15) is 0 Å². The molecule has 0 aromatic heterocycles. The van der Waals surface area contributed by atoms with Gasteiger partial charge in [0.1, 0.15) is 17.6 Å². The van der Waals surface area contributed by atoms with Crippen molar-refractivity contribution in [1.29, 1.82) is 0 Å². The van der Waals surface area contributed by atoms with Crippen LogP contribution in [0.15, 0.2) is 48.5 Å². The zero-order valence-electron chi connectivity index (χ0n) is 15.1. The summed E-state index contributed by atoms with van der Waals surface area (Å²) >= 11 is 0. The number of amides is 1. The highest BCUT2D eigenvalue weighted by Crippen LogP contribution is 2.25. The van der Waals surface area contributed by atoms with Gasteiger partial charge in [0, 0.05) is 30.4 Å². The quantitative estimate of drug-likeness (QED) is 0.829. The summed E-state index contributed by atoms with van der Waals surface area (Å²) in [5.74, 6) is 1.62. The summed E-state index contributed by atoms with van der Waals surface area (Å²) in [6, 6.07) is 15.5. The van der Waals surface area contributed by atoms with Crippen molar-refractivity contribution in [3.05, 3.63) is 54.1 Å². The molecule has 2 heterocycles. The van der Waals surface area contributed by atoms with Gasteiger partial charge in [-0.25, -0.2) is 0 Å². The molecule has 0 bridgehead atoms. The normalized spacial score (nSPS) is 17.1. The Balaban J connectivity index is 1.31. The molecular weight excluding hydrogens is 328 g/mol. The van der Waals surface area contributed by atoms with Crippen LogP contribution in [0.25, 0.3) is 0 Å². The lowest BCUT2D eigenvalue weighted by Gasteiger charge is -2.39. The molecule has 5 nitrogen and oxygen atoms in total. The Bertz CT molecular complexity index is 763. The number of anilines is 1. The second-order valence-electron chi connectivity index (χ2n) is 6.87. The van der Waals surface area contributed by atoms with Crippen molar-refractivity contribution in [2.24, 2.45) is 0 Å². The SMILES string of the molecule is COc1cccc(OC2CN(C(=O)c3ccc(N4CCCC4)cc3)C2)c1. The minimum absolute atomic E-state index is 0.0370. The standard InChI is InChI=1S/C21H24N2O3/c1-25-18-5-4-6-19(13-18)26-20-14-23(15-20)21(24)16-7-9-17(10-8-16)22-11-2-3-12-22/h4-10,13,20H,2-3,11-12,14-15H2,1H3. The zero-order chi connectivity index (χ0) is 17.9. The van der Waals surface area contributed by atoms with Crippen LogP contribution in [0.5, 0.6) is 11.5 Å². The van der Waals surface area contributed by atoms with Gasteiger partial charge >= 0.3 is 0 Å². The van der Waals surface area contributed by atoms with Crippen LogP contribution in [0, 0.1) is 0 Å². The van der Waals surface area contributed by atoms with Crippen molar-refractivity contribution in [3.63, 3.8) is 0 Å². The molecule has 0 unspecified atom stereocenters. The molecule has 136 valence electrons. The van der Waals surface area contributed by atoms with Crippen LogP contribution >= 0.6 is 0 Å². The van der Waals surface area contributed by atoms with E-state index in [-0.39, 0.29) is 12.0 Å². The monoisotopic (exact) mass is 352 g/mol. The maximum atomic E-state index is 12.6. The van der Waals surface area contributed by atoms with E-state index in [1.807, 2.05) is 41.3 Å². The fraction of sp³-hybridized carbons (Fsp3) is 0.381. The lowest BCUT2D eigenvalue weighted by atomic mass is 10.1. The first kappa shape index (κ1) is 16.8. The van der Waals surface area contributed by atoms with Crippen LogP contribution in [-0.2, 0) is 0 Å². The third-order valence-corrected chi connectivity index (χ3v) is 5.06. The molecule has 2 aromatic carbocycles. The lowest BCUT2D eigenvalue weighted by Crippen LogP contribution is -2.56. The van der Waals surface area contributed by atoms with E-state index >= 15 is 0 Å². The highest BCUT2D eigenvalue weighted by atomic mass is 16.5. The first-order valence-corrected chi connectivity index (χ1v) is 9.18. The van der Waals surface area contributed by atoms with Gasteiger partial charge in [0.25, 0.3) is 5.91 Å². The fourth-order valence-electron chi connectivity index (χ4n) is 3.52. The van der Waals surface area contributed by atoms with Gasteiger partial charge in [-0.1, -0.05) is 6.07 Å². The maximum absolute atomic E-state index is 12.6. The van der Waals surface area contributed by atoms with Crippen molar-refractivity contribution in [3.8, 4) is 11.5 Å². The van der Waals surface area contributed by atoms with Gasteiger partial charge in [0.2, 0.25) is 0 Å². The van der Waals surface area contributed by atoms with Gasteiger partial charge in [0.05, 0.1) is 20.2 Å². The number of nitrogens with zero attached hydrogens (tertiary/aromatic N) is 2. The molecule has 2 fully saturated rings. The topological polar surface area (TPSA) is 42.0 Å². The van der Waals surface area contributed by atoms with Crippen LogP contribution in [0.2, 0.25) is 0 Å². The molecule has 0 spiro atoms. The summed E-state index contributed by atoms with van der Waals surface area (Å²) in [5, 5.41) is 0. The van der Waals surface area contributed by atoms with E-state index in [2.05, 4.69) is 17.0 Å². The highest BCUT2D eigenvalue weighted by molar-refractivity contribution is 5.95. The predicted molar refractivity (Wildman–Crippen MR) is 101 cm³/mol. The second-order valence-corrected chi connectivity index (χ2v) is 6.87. The molecule has 0 N–H and O–H groups in total. The third-order valence-electron chi connectivity index (χ3n) is 5.06. The van der Waals surface area contributed by atoms with Crippen LogP contribution < -0.4 is 14.4 Å². The molecule has 0 radical (unpaired) electrons. The van der Waals surface area contributed by atoms with Crippen LogP contribution in [0.4, 0.5) is 5.69 Å². The molecule has 2 saturated heterocycles. The van der Waals surface area contributed by atoms with E-state index in [0.29, 0.717) is 13.1 Å². The Morgan fingerprint density at radius 3 is 2.38 bits per heavy atom. The van der Waals surface area contributed by atoms with Gasteiger partial charge in [-0.15, -0.1) is 0 Å². The van der Waals surface area contributed by atoms with E-state index in [4.69, 9.17) is 9.47 Å². The molecule has 0 atom stereocenters. The Kier molecular flexibility index (Phi) is 4.69. The number of carbonyl (C=O) groups excluding carboxylic acids is 1. The van der Waals surface area contributed by atoms with Crippen LogP contribution in [0.3, 0.4) is 0 Å². The van der Waals surface area contributed by atoms with E-state index in [0.717, 1.165) is 30.2 Å². The average molecular weight is 352 g/mol.